The lowest BCUT2D eigenvalue weighted by molar-refractivity contribution is 0.445. The summed E-state index contributed by atoms with van der Waals surface area (Å²) in [5.41, 5.74) is 2.68. The molecule has 0 saturated carbocycles. The first-order chi connectivity index (χ1) is 11.0. The lowest BCUT2D eigenvalue weighted by atomic mass is 9.87. The standard InChI is InChI=1S/C17H20ClFN4/c1-23(2)17-20-7-6-12(22-17)10-21-16-5-3-4-13-14(16)8-11(18)9-15(13)19/h6-9,16,21H,3-5,10H2,1-2H3. The highest BCUT2D eigenvalue weighted by Gasteiger charge is 2.23. The van der Waals surface area contributed by atoms with Gasteiger partial charge in [-0.15, -0.1) is 0 Å². The molecule has 1 unspecified atom stereocenters. The number of hydrogen-bond donors (Lipinski definition) is 1. The number of fused-ring (bicyclic) bond motifs is 1. The van der Waals surface area contributed by atoms with Gasteiger partial charge >= 0.3 is 0 Å². The summed E-state index contributed by atoms with van der Waals surface area (Å²) in [5.74, 6) is 0.485. The summed E-state index contributed by atoms with van der Waals surface area (Å²) < 4.78 is 14.1. The van der Waals surface area contributed by atoms with Gasteiger partial charge in [0.1, 0.15) is 5.82 Å². The Kier molecular flexibility index (Phi) is 4.78. The van der Waals surface area contributed by atoms with Gasteiger partial charge in [-0.25, -0.2) is 14.4 Å². The first-order valence-electron chi connectivity index (χ1n) is 7.75. The van der Waals surface area contributed by atoms with Gasteiger partial charge in [0.2, 0.25) is 5.95 Å². The SMILES string of the molecule is CN(C)c1nccc(CNC2CCCc3c(F)cc(Cl)cc32)n1. The van der Waals surface area contributed by atoms with Gasteiger partial charge in [0.25, 0.3) is 0 Å². The molecule has 2 aromatic rings. The molecule has 1 aromatic carbocycles. The number of aromatic nitrogens is 2. The Morgan fingerprint density at radius 3 is 3.00 bits per heavy atom. The predicted molar refractivity (Wildman–Crippen MR) is 90.3 cm³/mol. The Bertz CT molecular complexity index is 705. The fraction of sp³-hybridized carbons (Fsp3) is 0.412. The number of anilines is 1. The molecule has 1 heterocycles. The highest BCUT2D eigenvalue weighted by atomic mass is 35.5. The minimum Gasteiger partial charge on any atom is -0.347 e. The van der Waals surface area contributed by atoms with Crippen LogP contribution in [0.25, 0.3) is 0 Å². The molecule has 0 saturated heterocycles. The predicted octanol–water partition coefficient (Wildman–Crippen LogP) is 3.50. The third-order valence-electron chi connectivity index (χ3n) is 4.12. The summed E-state index contributed by atoms with van der Waals surface area (Å²) in [6.45, 7) is 0.613. The fourth-order valence-electron chi connectivity index (χ4n) is 2.97. The number of nitrogens with one attached hydrogen (secondary N) is 1. The zero-order valence-electron chi connectivity index (χ0n) is 13.3. The molecule has 1 aliphatic rings. The van der Waals surface area contributed by atoms with E-state index in [1.807, 2.05) is 31.1 Å². The highest BCUT2D eigenvalue weighted by Crippen LogP contribution is 2.33. The molecule has 122 valence electrons. The molecule has 6 heteroatoms. The van der Waals surface area contributed by atoms with Crippen LogP contribution < -0.4 is 10.2 Å². The zero-order valence-corrected chi connectivity index (χ0v) is 14.1. The van der Waals surface area contributed by atoms with Crippen LogP contribution in [0.2, 0.25) is 5.02 Å². The summed E-state index contributed by atoms with van der Waals surface area (Å²) >= 11 is 6.03. The Labute approximate surface area is 140 Å². The van der Waals surface area contributed by atoms with Crippen molar-refractivity contribution in [1.29, 1.82) is 0 Å². The Hall–Kier alpha value is -1.72. The minimum absolute atomic E-state index is 0.102. The number of rotatable bonds is 4. The zero-order chi connectivity index (χ0) is 16.4. The first kappa shape index (κ1) is 16.1. The number of nitrogens with zero attached hydrogens (tertiary/aromatic N) is 3. The van der Waals surface area contributed by atoms with E-state index in [1.54, 1.807) is 6.20 Å². The molecule has 1 aliphatic carbocycles. The van der Waals surface area contributed by atoms with Crippen LogP contribution in [-0.4, -0.2) is 24.1 Å². The molecule has 0 bridgehead atoms. The van der Waals surface area contributed by atoms with E-state index in [0.717, 1.165) is 36.1 Å². The van der Waals surface area contributed by atoms with Gasteiger partial charge in [0.05, 0.1) is 5.69 Å². The van der Waals surface area contributed by atoms with Crippen LogP contribution in [0, 0.1) is 5.82 Å². The Morgan fingerprint density at radius 2 is 2.22 bits per heavy atom. The number of hydrogen-bond acceptors (Lipinski definition) is 4. The van der Waals surface area contributed by atoms with Crippen LogP contribution >= 0.6 is 11.6 Å². The van der Waals surface area contributed by atoms with E-state index in [1.165, 1.54) is 6.07 Å². The first-order valence-corrected chi connectivity index (χ1v) is 8.13. The van der Waals surface area contributed by atoms with Gasteiger partial charge < -0.3 is 10.2 Å². The van der Waals surface area contributed by atoms with E-state index in [4.69, 9.17) is 11.6 Å². The van der Waals surface area contributed by atoms with Crippen LogP contribution in [0.15, 0.2) is 24.4 Å². The van der Waals surface area contributed by atoms with Crippen LogP contribution in [0.1, 0.15) is 35.7 Å². The molecule has 3 rings (SSSR count). The van der Waals surface area contributed by atoms with Crippen LogP contribution in [0.5, 0.6) is 0 Å². The lowest BCUT2D eigenvalue weighted by Crippen LogP contribution is -2.26. The van der Waals surface area contributed by atoms with Crippen LogP contribution in [0.4, 0.5) is 10.3 Å². The number of halogens is 2. The van der Waals surface area contributed by atoms with E-state index in [9.17, 15) is 4.39 Å². The molecule has 0 amide bonds. The van der Waals surface area contributed by atoms with Crippen molar-refractivity contribution in [3.63, 3.8) is 0 Å². The second-order valence-corrected chi connectivity index (χ2v) is 6.46. The molecule has 0 aliphatic heterocycles. The molecule has 1 atom stereocenters. The fourth-order valence-corrected chi connectivity index (χ4v) is 3.19. The normalized spacial score (nSPS) is 17.0. The summed E-state index contributed by atoms with van der Waals surface area (Å²) in [6, 6.07) is 5.27. The van der Waals surface area contributed by atoms with E-state index in [2.05, 4.69) is 15.3 Å². The lowest BCUT2D eigenvalue weighted by Gasteiger charge is -2.27. The van der Waals surface area contributed by atoms with E-state index >= 15 is 0 Å². The van der Waals surface area contributed by atoms with Crippen molar-refractivity contribution in [2.24, 2.45) is 0 Å². The van der Waals surface area contributed by atoms with Crippen LogP contribution in [-0.2, 0) is 13.0 Å². The second kappa shape index (κ2) is 6.81. The average molecular weight is 335 g/mol. The summed E-state index contributed by atoms with van der Waals surface area (Å²) in [4.78, 5) is 10.6. The van der Waals surface area contributed by atoms with Crippen molar-refractivity contribution in [1.82, 2.24) is 15.3 Å². The largest absolute Gasteiger partial charge is 0.347 e. The molecule has 0 spiro atoms. The van der Waals surface area contributed by atoms with Gasteiger partial charge in [-0.2, -0.15) is 0 Å². The van der Waals surface area contributed by atoms with Crippen molar-refractivity contribution >= 4 is 17.5 Å². The number of benzene rings is 1. The summed E-state index contributed by atoms with van der Waals surface area (Å²) in [6.07, 6.45) is 4.47. The highest BCUT2D eigenvalue weighted by molar-refractivity contribution is 6.30. The molecule has 0 fully saturated rings. The van der Waals surface area contributed by atoms with Crippen LogP contribution in [0.3, 0.4) is 0 Å². The van der Waals surface area contributed by atoms with E-state index in [0.29, 0.717) is 17.5 Å². The Balaban J connectivity index is 1.77. The second-order valence-electron chi connectivity index (χ2n) is 6.02. The topological polar surface area (TPSA) is 41.1 Å². The maximum atomic E-state index is 14.1. The maximum absolute atomic E-state index is 14.1. The van der Waals surface area contributed by atoms with Gasteiger partial charge in [-0.1, -0.05) is 11.6 Å². The minimum atomic E-state index is -0.198. The van der Waals surface area contributed by atoms with Gasteiger partial charge in [0, 0.05) is 37.9 Å². The molecule has 23 heavy (non-hydrogen) atoms. The van der Waals surface area contributed by atoms with E-state index < -0.39 is 0 Å². The third-order valence-corrected chi connectivity index (χ3v) is 4.34. The smallest absolute Gasteiger partial charge is 0.225 e. The van der Waals surface area contributed by atoms with Gasteiger partial charge in [-0.05, 0) is 48.6 Å². The van der Waals surface area contributed by atoms with Crippen molar-refractivity contribution in [3.05, 3.63) is 52.1 Å². The summed E-state index contributed by atoms with van der Waals surface area (Å²) in [7, 11) is 3.82. The third kappa shape index (κ3) is 3.62. The van der Waals surface area contributed by atoms with Crippen molar-refractivity contribution in [3.8, 4) is 0 Å². The Morgan fingerprint density at radius 1 is 1.39 bits per heavy atom. The van der Waals surface area contributed by atoms with Crippen molar-refractivity contribution in [2.75, 3.05) is 19.0 Å². The molecular formula is C17H20ClFN4. The van der Waals surface area contributed by atoms with E-state index in [-0.39, 0.29) is 11.9 Å². The maximum Gasteiger partial charge on any atom is 0.225 e. The van der Waals surface area contributed by atoms with Gasteiger partial charge in [0.15, 0.2) is 0 Å². The molecule has 1 aromatic heterocycles. The molecule has 4 nitrogen and oxygen atoms in total. The molecule has 0 radical (unpaired) electrons. The van der Waals surface area contributed by atoms with Crippen molar-refractivity contribution in [2.45, 2.75) is 31.8 Å². The molecule has 1 N–H and O–H groups in total. The monoisotopic (exact) mass is 334 g/mol. The average Bonchev–Trinajstić information content (AvgIpc) is 2.53. The van der Waals surface area contributed by atoms with Crippen molar-refractivity contribution < 1.29 is 4.39 Å². The molecular weight excluding hydrogens is 315 g/mol. The van der Waals surface area contributed by atoms with Gasteiger partial charge in [-0.3, -0.25) is 0 Å². The summed E-state index contributed by atoms with van der Waals surface area (Å²) in [5, 5.41) is 3.93. The quantitative estimate of drug-likeness (QED) is 0.929.